The molecule has 0 aliphatic heterocycles. The third kappa shape index (κ3) is 4.54. The summed E-state index contributed by atoms with van der Waals surface area (Å²) in [5.74, 6) is 0.276. The number of rotatable bonds is 7. The number of aromatic nitrogens is 3. The molecule has 29 heavy (non-hydrogen) atoms. The lowest BCUT2D eigenvalue weighted by atomic mass is 10.1. The van der Waals surface area contributed by atoms with Crippen LogP contribution in [-0.4, -0.2) is 39.5 Å². The molecule has 1 N–H and O–H groups in total. The number of aryl methyl sites for hydroxylation is 2. The lowest BCUT2D eigenvalue weighted by Gasteiger charge is -2.06. The standard InChI is InChI=1S/C19H22N4O3S3/c1-6-13-7-12(8-27-13)16-21-22-19(23(16)4)28-9-14(24)20-17-15(18(25)26-5)10(2)11(3)29-17/h7-8H,6,9H2,1-5H3,(H,20,24). The minimum atomic E-state index is -0.449. The molecule has 0 saturated carbocycles. The molecule has 3 rings (SSSR count). The minimum Gasteiger partial charge on any atom is -0.465 e. The fraction of sp³-hybridized carbons (Fsp3) is 0.368. The van der Waals surface area contributed by atoms with Crippen LogP contribution in [0.15, 0.2) is 16.6 Å². The van der Waals surface area contributed by atoms with Crippen molar-refractivity contribution in [1.82, 2.24) is 14.8 Å². The molecule has 3 aromatic rings. The van der Waals surface area contributed by atoms with Gasteiger partial charge in [-0.25, -0.2) is 4.79 Å². The van der Waals surface area contributed by atoms with E-state index in [-0.39, 0.29) is 11.7 Å². The van der Waals surface area contributed by atoms with Gasteiger partial charge in [0.1, 0.15) is 5.00 Å². The van der Waals surface area contributed by atoms with Gasteiger partial charge in [0.2, 0.25) is 5.91 Å². The van der Waals surface area contributed by atoms with Crippen molar-refractivity contribution in [3.63, 3.8) is 0 Å². The average molecular weight is 451 g/mol. The van der Waals surface area contributed by atoms with Crippen LogP contribution in [0.1, 0.15) is 32.6 Å². The summed E-state index contributed by atoms with van der Waals surface area (Å²) in [7, 11) is 3.22. The molecule has 0 spiro atoms. The van der Waals surface area contributed by atoms with E-state index in [4.69, 9.17) is 4.74 Å². The molecule has 0 aliphatic carbocycles. The fourth-order valence-electron chi connectivity index (χ4n) is 2.73. The zero-order chi connectivity index (χ0) is 21.1. The number of methoxy groups -OCH3 is 1. The van der Waals surface area contributed by atoms with Crippen molar-refractivity contribution < 1.29 is 14.3 Å². The smallest absolute Gasteiger partial charge is 0.341 e. The van der Waals surface area contributed by atoms with Gasteiger partial charge >= 0.3 is 5.97 Å². The largest absolute Gasteiger partial charge is 0.465 e. The third-order valence-electron chi connectivity index (χ3n) is 4.46. The highest BCUT2D eigenvalue weighted by molar-refractivity contribution is 7.99. The van der Waals surface area contributed by atoms with Crippen LogP contribution in [0.2, 0.25) is 0 Å². The summed E-state index contributed by atoms with van der Waals surface area (Å²) in [5.41, 5.74) is 2.27. The fourth-order valence-corrected chi connectivity index (χ4v) is 5.32. The SMILES string of the molecule is CCc1cc(-c2nnc(SCC(=O)Nc3sc(C)c(C)c3C(=O)OC)n2C)cs1. The Morgan fingerprint density at radius 2 is 2.07 bits per heavy atom. The molecular formula is C19H22N4O3S3. The number of carbonyl (C=O) groups is 2. The molecule has 0 radical (unpaired) electrons. The number of anilines is 1. The molecule has 0 aromatic carbocycles. The highest BCUT2D eigenvalue weighted by Crippen LogP contribution is 2.33. The van der Waals surface area contributed by atoms with E-state index in [0.29, 0.717) is 15.7 Å². The Morgan fingerprint density at radius 3 is 2.72 bits per heavy atom. The van der Waals surface area contributed by atoms with Crippen LogP contribution >= 0.6 is 34.4 Å². The van der Waals surface area contributed by atoms with Crippen molar-refractivity contribution in [3.05, 3.63) is 32.3 Å². The Bertz CT molecular complexity index is 1050. The Labute approximate surface area is 181 Å². The minimum absolute atomic E-state index is 0.159. The molecule has 0 fully saturated rings. The van der Waals surface area contributed by atoms with Gasteiger partial charge in [-0.3, -0.25) is 4.79 Å². The van der Waals surface area contributed by atoms with Crippen molar-refractivity contribution >= 4 is 51.3 Å². The zero-order valence-corrected chi connectivity index (χ0v) is 19.3. The maximum absolute atomic E-state index is 12.5. The quantitative estimate of drug-likeness (QED) is 0.427. The molecule has 3 aromatic heterocycles. The predicted molar refractivity (Wildman–Crippen MR) is 118 cm³/mol. The van der Waals surface area contributed by atoms with Crippen LogP contribution in [0.3, 0.4) is 0 Å². The van der Waals surface area contributed by atoms with E-state index < -0.39 is 5.97 Å². The van der Waals surface area contributed by atoms with Crippen molar-refractivity contribution in [2.75, 3.05) is 18.2 Å². The van der Waals surface area contributed by atoms with Crippen LogP contribution in [0.4, 0.5) is 5.00 Å². The average Bonchev–Trinajstić information content (AvgIpc) is 3.38. The van der Waals surface area contributed by atoms with Gasteiger partial charge in [-0.2, -0.15) is 0 Å². The summed E-state index contributed by atoms with van der Waals surface area (Å²) in [6, 6.07) is 2.12. The van der Waals surface area contributed by atoms with Crippen LogP contribution < -0.4 is 5.32 Å². The molecule has 0 bridgehead atoms. The molecule has 0 atom stereocenters. The number of esters is 1. The number of nitrogens with one attached hydrogen (secondary N) is 1. The molecule has 0 unspecified atom stereocenters. The van der Waals surface area contributed by atoms with Gasteiger partial charge < -0.3 is 14.6 Å². The number of hydrogen-bond donors (Lipinski definition) is 1. The van der Waals surface area contributed by atoms with E-state index >= 15 is 0 Å². The highest BCUT2D eigenvalue weighted by Gasteiger charge is 2.22. The Morgan fingerprint density at radius 1 is 1.31 bits per heavy atom. The summed E-state index contributed by atoms with van der Waals surface area (Å²) in [6.07, 6.45) is 0.986. The van der Waals surface area contributed by atoms with Gasteiger partial charge in [-0.05, 0) is 31.9 Å². The van der Waals surface area contributed by atoms with E-state index in [1.54, 1.807) is 11.3 Å². The number of amides is 1. The van der Waals surface area contributed by atoms with Crippen molar-refractivity contribution in [2.45, 2.75) is 32.3 Å². The molecule has 7 nitrogen and oxygen atoms in total. The predicted octanol–water partition coefficient (Wildman–Crippen LogP) is 4.30. The first-order chi connectivity index (χ1) is 13.8. The first kappa shape index (κ1) is 21.5. The van der Waals surface area contributed by atoms with Gasteiger partial charge in [0.15, 0.2) is 11.0 Å². The molecular weight excluding hydrogens is 428 g/mol. The first-order valence-corrected chi connectivity index (χ1v) is 11.6. The van der Waals surface area contributed by atoms with Gasteiger partial charge in [0.25, 0.3) is 0 Å². The van der Waals surface area contributed by atoms with Crippen LogP contribution in [0, 0.1) is 13.8 Å². The van der Waals surface area contributed by atoms with Gasteiger partial charge in [-0.1, -0.05) is 18.7 Å². The first-order valence-electron chi connectivity index (χ1n) is 8.93. The number of thiophene rings is 2. The van der Waals surface area contributed by atoms with E-state index in [1.807, 2.05) is 25.5 Å². The number of ether oxygens (including phenoxy) is 1. The molecule has 154 valence electrons. The number of nitrogens with zero attached hydrogens (tertiary/aromatic N) is 3. The second-order valence-electron chi connectivity index (χ2n) is 6.34. The summed E-state index contributed by atoms with van der Waals surface area (Å²) < 4.78 is 6.73. The Hall–Kier alpha value is -2.17. The van der Waals surface area contributed by atoms with E-state index in [9.17, 15) is 9.59 Å². The molecule has 0 saturated heterocycles. The summed E-state index contributed by atoms with van der Waals surface area (Å²) in [6.45, 7) is 5.87. The Balaban J connectivity index is 1.68. The van der Waals surface area contributed by atoms with Crippen LogP contribution in [-0.2, 0) is 23.0 Å². The number of thioether (sulfide) groups is 1. The van der Waals surface area contributed by atoms with Crippen molar-refractivity contribution in [2.24, 2.45) is 7.05 Å². The maximum atomic E-state index is 12.5. The topological polar surface area (TPSA) is 86.1 Å². The summed E-state index contributed by atoms with van der Waals surface area (Å²) >= 11 is 4.37. The highest BCUT2D eigenvalue weighted by atomic mass is 32.2. The van der Waals surface area contributed by atoms with Gasteiger partial charge in [0, 0.05) is 27.7 Å². The molecule has 0 aliphatic rings. The molecule has 10 heteroatoms. The van der Waals surface area contributed by atoms with E-state index in [1.165, 1.54) is 35.1 Å². The lowest BCUT2D eigenvalue weighted by molar-refractivity contribution is -0.113. The summed E-state index contributed by atoms with van der Waals surface area (Å²) in [5, 5.41) is 14.6. The van der Waals surface area contributed by atoms with Crippen molar-refractivity contribution in [1.29, 1.82) is 0 Å². The number of carbonyl (C=O) groups excluding carboxylic acids is 2. The lowest BCUT2D eigenvalue weighted by Crippen LogP contribution is -2.16. The number of hydrogen-bond acceptors (Lipinski definition) is 8. The van der Waals surface area contributed by atoms with E-state index in [0.717, 1.165) is 28.2 Å². The normalized spacial score (nSPS) is 10.9. The summed E-state index contributed by atoms with van der Waals surface area (Å²) in [4.78, 5) is 26.8. The molecule has 1 amide bonds. The van der Waals surface area contributed by atoms with Gasteiger partial charge in [0.05, 0.1) is 18.4 Å². The Kier molecular flexibility index (Phi) is 6.76. The second-order valence-corrected chi connectivity index (χ2v) is 9.50. The van der Waals surface area contributed by atoms with Crippen LogP contribution in [0.5, 0.6) is 0 Å². The maximum Gasteiger partial charge on any atom is 0.341 e. The van der Waals surface area contributed by atoms with Crippen LogP contribution in [0.25, 0.3) is 11.4 Å². The zero-order valence-electron chi connectivity index (χ0n) is 16.9. The van der Waals surface area contributed by atoms with Crippen molar-refractivity contribution in [3.8, 4) is 11.4 Å². The second kappa shape index (κ2) is 9.10. The van der Waals surface area contributed by atoms with E-state index in [2.05, 4.69) is 33.9 Å². The monoisotopic (exact) mass is 450 g/mol. The molecule has 3 heterocycles. The van der Waals surface area contributed by atoms with Gasteiger partial charge in [-0.15, -0.1) is 32.9 Å². The third-order valence-corrected chi connectivity index (χ3v) is 7.68.